The van der Waals surface area contributed by atoms with Gasteiger partial charge < -0.3 is 15.3 Å². The Hall–Kier alpha value is -1.92. The SMILES string of the molecule is O=C1CN(C[C@]2(O)CCCN(CCc3ccccc3)C2=O)CCN1. The molecular formula is C18H25N3O3. The Balaban J connectivity index is 1.59. The molecule has 1 atom stereocenters. The summed E-state index contributed by atoms with van der Waals surface area (Å²) < 4.78 is 0. The van der Waals surface area contributed by atoms with Crippen LogP contribution in [-0.4, -0.2) is 71.6 Å². The molecule has 3 rings (SSSR count). The van der Waals surface area contributed by atoms with Gasteiger partial charge in [0.2, 0.25) is 5.91 Å². The third-order valence-electron chi connectivity index (χ3n) is 4.82. The minimum Gasteiger partial charge on any atom is -0.379 e. The number of β-amino-alcohol motifs (C(OH)–C–C–N with tert-alkyl or cyclic N) is 1. The van der Waals surface area contributed by atoms with Crippen molar-refractivity contribution in [3.8, 4) is 0 Å². The zero-order chi connectivity index (χ0) is 17.0. The van der Waals surface area contributed by atoms with Crippen molar-refractivity contribution in [1.82, 2.24) is 15.1 Å². The van der Waals surface area contributed by atoms with Gasteiger partial charge >= 0.3 is 0 Å². The molecule has 0 saturated carbocycles. The maximum absolute atomic E-state index is 12.8. The quantitative estimate of drug-likeness (QED) is 0.797. The van der Waals surface area contributed by atoms with Crippen LogP contribution < -0.4 is 5.32 Å². The lowest BCUT2D eigenvalue weighted by atomic mass is 9.90. The van der Waals surface area contributed by atoms with E-state index >= 15 is 0 Å². The summed E-state index contributed by atoms with van der Waals surface area (Å²) in [5.74, 6) is -0.246. The highest BCUT2D eigenvalue weighted by atomic mass is 16.3. The summed E-state index contributed by atoms with van der Waals surface area (Å²) in [5, 5.41) is 13.6. The van der Waals surface area contributed by atoms with E-state index in [1.165, 1.54) is 5.56 Å². The van der Waals surface area contributed by atoms with E-state index in [-0.39, 0.29) is 24.9 Å². The van der Waals surface area contributed by atoms with Crippen LogP contribution >= 0.6 is 0 Å². The largest absolute Gasteiger partial charge is 0.379 e. The Morgan fingerprint density at radius 3 is 2.71 bits per heavy atom. The van der Waals surface area contributed by atoms with E-state index in [2.05, 4.69) is 5.32 Å². The molecule has 0 aliphatic carbocycles. The van der Waals surface area contributed by atoms with E-state index in [0.717, 1.165) is 12.8 Å². The van der Waals surface area contributed by atoms with E-state index in [1.807, 2.05) is 35.2 Å². The highest BCUT2D eigenvalue weighted by Crippen LogP contribution is 2.24. The highest BCUT2D eigenvalue weighted by molar-refractivity contribution is 5.86. The van der Waals surface area contributed by atoms with Gasteiger partial charge in [-0.2, -0.15) is 0 Å². The molecule has 1 aromatic rings. The van der Waals surface area contributed by atoms with Gasteiger partial charge in [-0.15, -0.1) is 0 Å². The number of carbonyl (C=O) groups excluding carboxylic acids is 2. The van der Waals surface area contributed by atoms with Crippen LogP contribution in [0.1, 0.15) is 18.4 Å². The number of piperidine rings is 1. The molecule has 1 aromatic carbocycles. The molecular weight excluding hydrogens is 306 g/mol. The zero-order valence-corrected chi connectivity index (χ0v) is 13.9. The second-order valence-electron chi connectivity index (χ2n) is 6.72. The smallest absolute Gasteiger partial charge is 0.255 e. The van der Waals surface area contributed by atoms with Crippen molar-refractivity contribution in [3.05, 3.63) is 35.9 Å². The normalized spacial score (nSPS) is 25.6. The first kappa shape index (κ1) is 16.9. The van der Waals surface area contributed by atoms with Crippen LogP contribution in [0.5, 0.6) is 0 Å². The Morgan fingerprint density at radius 1 is 1.17 bits per heavy atom. The van der Waals surface area contributed by atoms with Crippen LogP contribution in [-0.2, 0) is 16.0 Å². The summed E-state index contributed by atoms with van der Waals surface area (Å²) in [6, 6.07) is 10.1. The topological polar surface area (TPSA) is 72.9 Å². The molecule has 2 saturated heterocycles. The average molecular weight is 331 g/mol. The van der Waals surface area contributed by atoms with Gasteiger partial charge in [-0.25, -0.2) is 0 Å². The predicted molar refractivity (Wildman–Crippen MR) is 90.4 cm³/mol. The first-order valence-electron chi connectivity index (χ1n) is 8.62. The van der Waals surface area contributed by atoms with Gasteiger partial charge in [0.1, 0.15) is 0 Å². The highest BCUT2D eigenvalue weighted by Gasteiger charge is 2.43. The van der Waals surface area contributed by atoms with Crippen molar-refractivity contribution >= 4 is 11.8 Å². The number of nitrogens with zero attached hydrogens (tertiary/aromatic N) is 2. The van der Waals surface area contributed by atoms with Gasteiger partial charge in [0.25, 0.3) is 5.91 Å². The average Bonchev–Trinajstić information content (AvgIpc) is 2.57. The standard InChI is InChI=1S/C18H25N3O3/c22-16-13-20(12-9-19-16)14-18(24)8-4-10-21(17(18)23)11-7-15-5-2-1-3-6-15/h1-3,5-6,24H,4,7-14H2,(H,19,22)/t18-/m1/s1. The molecule has 130 valence electrons. The van der Waals surface area contributed by atoms with Crippen molar-refractivity contribution in [3.63, 3.8) is 0 Å². The fourth-order valence-corrected chi connectivity index (χ4v) is 3.53. The number of hydrogen-bond acceptors (Lipinski definition) is 4. The molecule has 2 N–H and O–H groups in total. The van der Waals surface area contributed by atoms with Gasteiger partial charge in [0.15, 0.2) is 5.60 Å². The van der Waals surface area contributed by atoms with Gasteiger partial charge in [0.05, 0.1) is 6.54 Å². The fraction of sp³-hybridized carbons (Fsp3) is 0.556. The third-order valence-corrected chi connectivity index (χ3v) is 4.82. The van der Waals surface area contributed by atoms with Crippen LogP contribution in [0, 0.1) is 0 Å². The van der Waals surface area contributed by atoms with Crippen molar-refractivity contribution in [2.75, 3.05) is 39.3 Å². The molecule has 2 amide bonds. The lowest BCUT2D eigenvalue weighted by Gasteiger charge is -2.41. The second kappa shape index (κ2) is 7.32. The molecule has 0 bridgehead atoms. The molecule has 24 heavy (non-hydrogen) atoms. The molecule has 2 aliphatic rings. The molecule has 2 aliphatic heterocycles. The molecule has 6 nitrogen and oxygen atoms in total. The Bertz CT molecular complexity index is 592. The number of piperazine rings is 1. The monoisotopic (exact) mass is 331 g/mol. The van der Waals surface area contributed by atoms with Gasteiger partial charge in [0, 0.05) is 32.7 Å². The second-order valence-corrected chi connectivity index (χ2v) is 6.72. The maximum Gasteiger partial charge on any atom is 0.255 e. The van der Waals surface area contributed by atoms with E-state index in [0.29, 0.717) is 32.6 Å². The first-order valence-corrected chi connectivity index (χ1v) is 8.62. The summed E-state index contributed by atoms with van der Waals surface area (Å²) in [7, 11) is 0. The molecule has 0 unspecified atom stereocenters. The number of rotatable bonds is 5. The molecule has 6 heteroatoms. The van der Waals surface area contributed by atoms with Crippen LogP contribution in [0.15, 0.2) is 30.3 Å². The van der Waals surface area contributed by atoms with Crippen LogP contribution in [0.3, 0.4) is 0 Å². The summed E-state index contributed by atoms with van der Waals surface area (Å²) in [6.07, 6.45) is 2.04. The molecule has 2 heterocycles. The minimum absolute atomic E-state index is 0.0472. The third kappa shape index (κ3) is 3.94. The molecule has 0 radical (unpaired) electrons. The fourth-order valence-electron chi connectivity index (χ4n) is 3.53. The molecule has 0 aromatic heterocycles. The van der Waals surface area contributed by atoms with Crippen molar-refractivity contribution < 1.29 is 14.7 Å². The van der Waals surface area contributed by atoms with Crippen molar-refractivity contribution in [2.45, 2.75) is 24.9 Å². The van der Waals surface area contributed by atoms with Crippen LogP contribution in [0.4, 0.5) is 0 Å². The van der Waals surface area contributed by atoms with Gasteiger partial charge in [-0.3, -0.25) is 14.5 Å². The Kier molecular flexibility index (Phi) is 5.16. The number of carbonyl (C=O) groups is 2. The number of likely N-dealkylation sites (tertiary alicyclic amines) is 1. The Labute approximate surface area is 142 Å². The number of nitrogens with one attached hydrogen (secondary N) is 1. The molecule has 0 spiro atoms. The van der Waals surface area contributed by atoms with Gasteiger partial charge in [-0.05, 0) is 24.8 Å². The first-order chi connectivity index (χ1) is 11.6. The summed E-state index contributed by atoms with van der Waals surface area (Å²) in [5.41, 5.74) is -0.181. The van der Waals surface area contributed by atoms with E-state index in [9.17, 15) is 14.7 Å². The summed E-state index contributed by atoms with van der Waals surface area (Å²) in [6.45, 7) is 3.03. The number of aliphatic hydroxyl groups is 1. The summed E-state index contributed by atoms with van der Waals surface area (Å²) in [4.78, 5) is 27.9. The van der Waals surface area contributed by atoms with Crippen molar-refractivity contribution in [1.29, 1.82) is 0 Å². The van der Waals surface area contributed by atoms with Crippen molar-refractivity contribution in [2.24, 2.45) is 0 Å². The summed E-state index contributed by atoms with van der Waals surface area (Å²) >= 11 is 0. The number of amides is 2. The maximum atomic E-state index is 12.8. The minimum atomic E-state index is -1.37. The van der Waals surface area contributed by atoms with Crippen LogP contribution in [0.2, 0.25) is 0 Å². The Morgan fingerprint density at radius 2 is 1.96 bits per heavy atom. The number of hydrogen-bond donors (Lipinski definition) is 2. The van der Waals surface area contributed by atoms with Crippen LogP contribution in [0.25, 0.3) is 0 Å². The van der Waals surface area contributed by atoms with E-state index in [1.54, 1.807) is 4.90 Å². The molecule has 2 fully saturated rings. The lowest BCUT2D eigenvalue weighted by molar-refractivity contribution is -0.160. The zero-order valence-electron chi connectivity index (χ0n) is 13.9. The van der Waals surface area contributed by atoms with E-state index < -0.39 is 5.60 Å². The van der Waals surface area contributed by atoms with Gasteiger partial charge in [-0.1, -0.05) is 30.3 Å². The predicted octanol–water partition coefficient (Wildman–Crippen LogP) is 0.0144. The lowest BCUT2D eigenvalue weighted by Crippen LogP contribution is -2.61. The number of benzene rings is 1. The van der Waals surface area contributed by atoms with E-state index in [4.69, 9.17) is 0 Å².